The first-order chi connectivity index (χ1) is 6.96. The third-order valence-corrected chi connectivity index (χ3v) is 3.10. The van der Waals surface area contributed by atoms with Crippen LogP contribution in [0.15, 0.2) is 12.5 Å². The zero-order valence-electron chi connectivity index (χ0n) is 8.93. The number of nitrogens with zero attached hydrogens (tertiary/aromatic N) is 3. The molecule has 0 atom stereocenters. The fourth-order valence-electron chi connectivity index (χ4n) is 1.11. The van der Waals surface area contributed by atoms with Gasteiger partial charge in [0, 0.05) is 25.4 Å². The standard InChI is InChI=1S/C8H14N4O2S/c1-9-4-7-5-10-6-11-8(7)12(2)15(3,13)14/h5-6,9H,4H2,1-3H3. The predicted molar refractivity (Wildman–Crippen MR) is 58.0 cm³/mol. The maximum absolute atomic E-state index is 11.3. The number of nitrogens with one attached hydrogen (secondary N) is 1. The van der Waals surface area contributed by atoms with Gasteiger partial charge in [0.25, 0.3) is 0 Å². The summed E-state index contributed by atoms with van der Waals surface area (Å²) in [7, 11) is -0.0373. The van der Waals surface area contributed by atoms with Crippen LogP contribution in [-0.2, 0) is 16.6 Å². The summed E-state index contributed by atoms with van der Waals surface area (Å²) in [6, 6.07) is 0. The highest BCUT2D eigenvalue weighted by molar-refractivity contribution is 7.92. The number of hydrogen-bond donors (Lipinski definition) is 1. The number of aromatic nitrogens is 2. The summed E-state index contributed by atoms with van der Waals surface area (Å²) in [5, 5.41) is 2.93. The van der Waals surface area contributed by atoms with Gasteiger partial charge in [0.15, 0.2) is 0 Å². The van der Waals surface area contributed by atoms with E-state index < -0.39 is 10.0 Å². The van der Waals surface area contributed by atoms with E-state index in [-0.39, 0.29) is 0 Å². The van der Waals surface area contributed by atoms with Crippen LogP contribution in [-0.4, -0.2) is 38.7 Å². The lowest BCUT2D eigenvalue weighted by molar-refractivity contribution is 0.599. The van der Waals surface area contributed by atoms with E-state index in [2.05, 4.69) is 15.3 Å². The Kier molecular flexibility index (Phi) is 3.59. The Morgan fingerprint density at radius 3 is 2.73 bits per heavy atom. The van der Waals surface area contributed by atoms with E-state index in [1.54, 1.807) is 13.2 Å². The lowest BCUT2D eigenvalue weighted by atomic mass is 10.3. The average Bonchev–Trinajstić information content (AvgIpc) is 2.17. The second kappa shape index (κ2) is 4.54. The normalized spacial score (nSPS) is 11.4. The van der Waals surface area contributed by atoms with Crippen LogP contribution in [0.4, 0.5) is 5.82 Å². The third kappa shape index (κ3) is 2.87. The largest absolute Gasteiger partial charge is 0.315 e. The summed E-state index contributed by atoms with van der Waals surface area (Å²) in [5.41, 5.74) is 0.743. The Morgan fingerprint density at radius 2 is 2.20 bits per heavy atom. The molecular formula is C8H14N4O2S. The second-order valence-corrected chi connectivity index (χ2v) is 5.15. The molecule has 6 nitrogen and oxygen atoms in total. The molecule has 0 aliphatic carbocycles. The van der Waals surface area contributed by atoms with Crippen molar-refractivity contribution in [3.63, 3.8) is 0 Å². The number of sulfonamides is 1. The summed E-state index contributed by atoms with van der Waals surface area (Å²) < 4.78 is 23.8. The summed E-state index contributed by atoms with van der Waals surface area (Å²) in [4.78, 5) is 7.82. The van der Waals surface area contributed by atoms with Crippen molar-refractivity contribution in [1.82, 2.24) is 15.3 Å². The topological polar surface area (TPSA) is 75.2 Å². The van der Waals surface area contributed by atoms with Gasteiger partial charge in [-0.05, 0) is 7.05 Å². The molecule has 7 heteroatoms. The van der Waals surface area contributed by atoms with Crippen molar-refractivity contribution >= 4 is 15.8 Å². The Balaban J connectivity index is 3.13. The molecule has 0 saturated carbocycles. The molecule has 1 aromatic rings. The molecule has 0 spiro atoms. The van der Waals surface area contributed by atoms with E-state index in [1.807, 2.05) is 0 Å². The molecule has 0 radical (unpaired) electrons. The summed E-state index contributed by atoms with van der Waals surface area (Å²) in [5.74, 6) is 0.404. The first kappa shape index (κ1) is 11.9. The summed E-state index contributed by atoms with van der Waals surface area (Å²) in [6.45, 7) is 0.524. The minimum absolute atomic E-state index is 0.404. The van der Waals surface area contributed by atoms with E-state index in [9.17, 15) is 8.42 Å². The Bertz CT molecular complexity index is 432. The Morgan fingerprint density at radius 1 is 1.53 bits per heavy atom. The van der Waals surface area contributed by atoms with Crippen molar-refractivity contribution in [2.24, 2.45) is 0 Å². The molecule has 0 aliphatic rings. The van der Waals surface area contributed by atoms with Gasteiger partial charge in [-0.15, -0.1) is 0 Å². The molecule has 1 aromatic heterocycles. The molecule has 0 aromatic carbocycles. The molecule has 0 saturated heterocycles. The fraction of sp³-hybridized carbons (Fsp3) is 0.500. The van der Waals surface area contributed by atoms with E-state index in [4.69, 9.17) is 0 Å². The van der Waals surface area contributed by atoms with Crippen LogP contribution in [0.1, 0.15) is 5.56 Å². The van der Waals surface area contributed by atoms with Gasteiger partial charge in [0.1, 0.15) is 12.1 Å². The van der Waals surface area contributed by atoms with Gasteiger partial charge in [0.2, 0.25) is 10.0 Å². The molecule has 0 fully saturated rings. The van der Waals surface area contributed by atoms with Crippen molar-refractivity contribution in [3.05, 3.63) is 18.1 Å². The molecule has 1 rings (SSSR count). The smallest absolute Gasteiger partial charge is 0.233 e. The molecule has 0 bridgehead atoms. The maximum Gasteiger partial charge on any atom is 0.233 e. The first-order valence-corrected chi connectivity index (χ1v) is 6.19. The van der Waals surface area contributed by atoms with Crippen LogP contribution in [0.5, 0.6) is 0 Å². The molecule has 1 N–H and O–H groups in total. The van der Waals surface area contributed by atoms with Crippen LogP contribution in [0.3, 0.4) is 0 Å². The quantitative estimate of drug-likeness (QED) is 0.761. The van der Waals surface area contributed by atoms with Gasteiger partial charge in [-0.1, -0.05) is 0 Å². The van der Waals surface area contributed by atoms with Crippen LogP contribution in [0.2, 0.25) is 0 Å². The van der Waals surface area contributed by atoms with Gasteiger partial charge in [0.05, 0.1) is 6.26 Å². The molecule has 84 valence electrons. The average molecular weight is 230 g/mol. The van der Waals surface area contributed by atoms with Crippen LogP contribution >= 0.6 is 0 Å². The Labute approximate surface area is 89.4 Å². The number of anilines is 1. The van der Waals surface area contributed by atoms with Gasteiger partial charge < -0.3 is 5.32 Å². The lowest BCUT2D eigenvalue weighted by Gasteiger charge is -2.17. The maximum atomic E-state index is 11.3. The van der Waals surface area contributed by atoms with E-state index in [1.165, 1.54) is 13.4 Å². The molecule has 0 aliphatic heterocycles. The first-order valence-electron chi connectivity index (χ1n) is 4.34. The minimum Gasteiger partial charge on any atom is -0.315 e. The van der Waals surface area contributed by atoms with E-state index >= 15 is 0 Å². The molecule has 0 amide bonds. The van der Waals surface area contributed by atoms with Crippen LogP contribution in [0, 0.1) is 0 Å². The van der Waals surface area contributed by atoms with Gasteiger partial charge in [-0.2, -0.15) is 0 Å². The SMILES string of the molecule is CNCc1cncnc1N(C)S(C)(=O)=O. The van der Waals surface area contributed by atoms with Crippen molar-refractivity contribution < 1.29 is 8.42 Å². The highest BCUT2D eigenvalue weighted by Gasteiger charge is 2.16. The second-order valence-electron chi connectivity index (χ2n) is 3.13. The fourth-order valence-corrected chi connectivity index (χ4v) is 1.59. The Hall–Kier alpha value is -1.21. The van der Waals surface area contributed by atoms with Crippen molar-refractivity contribution in [1.29, 1.82) is 0 Å². The molecular weight excluding hydrogens is 216 g/mol. The van der Waals surface area contributed by atoms with Gasteiger partial charge in [-0.25, -0.2) is 18.4 Å². The van der Waals surface area contributed by atoms with Crippen molar-refractivity contribution in [3.8, 4) is 0 Å². The van der Waals surface area contributed by atoms with Gasteiger partial charge >= 0.3 is 0 Å². The number of rotatable bonds is 4. The van der Waals surface area contributed by atoms with Gasteiger partial charge in [-0.3, -0.25) is 4.31 Å². The zero-order valence-corrected chi connectivity index (χ0v) is 9.74. The van der Waals surface area contributed by atoms with Crippen molar-refractivity contribution in [2.75, 3.05) is 24.7 Å². The van der Waals surface area contributed by atoms with Crippen LogP contribution < -0.4 is 9.62 Å². The summed E-state index contributed by atoms with van der Waals surface area (Å²) in [6.07, 6.45) is 4.06. The number of hydrogen-bond acceptors (Lipinski definition) is 5. The molecule has 15 heavy (non-hydrogen) atoms. The van der Waals surface area contributed by atoms with E-state index in [0.29, 0.717) is 12.4 Å². The molecule has 1 heterocycles. The summed E-state index contributed by atoms with van der Waals surface area (Å²) >= 11 is 0. The monoisotopic (exact) mass is 230 g/mol. The van der Waals surface area contributed by atoms with E-state index in [0.717, 1.165) is 16.1 Å². The minimum atomic E-state index is -3.28. The van der Waals surface area contributed by atoms with Crippen LogP contribution in [0.25, 0.3) is 0 Å². The molecule has 0 unspecified atom stereocenters. The van der Waals surface area contributed by atoms with Crippen molar-refractivity contribution in [2.45, 2.75) is 6.54 Å². The zero-order chi connectivity index (χ0) is 11.5. The predicted octanol–water partition coefficient (Wildman–Crippen LogP) is -0.408. The third-order valence-electron chi connectivity index (χ3n) is 1.93. The lowest BCUT2D eigenvalue weighted by Crippen LogP contribution is -2.27. The highest BCUT2D eigenvalue weighted by Crippen LogP contribution is 2.16. The highest BCUT2D eigenvalue weighted by atomic mass is 32.2.